The van der Waals surface area contributed by atoms with Gasteiger partial charge in [-0.05, 0) is 86.5 Å². The van der Waals surface area contributed by atoms with Crippen molar-refractivity contribution in [2.45, 2.75) is 120 Å². The summed E-state index contributed by atoms with van der Waals surface area (Å²) < 4.78 is 155. The highest BCUT2D eigenvalue weighted by Gasteiger charge is 2.53. The van der Waals surface area contributed by atoms with Crippen LogP contribution in [0.5, 0.6) is 0 Å². The predicted molar refractivity (Wildman–Crippen MR) is 286 cm³/mol. The highest BCUT2D eigenvalue weighted by Crippen LogP contribution is 2.43. The van der Waals surface area contributed by atoms with E-state index in [9.17, 15) is 49.1 Å². The molecule has 0 saturated carbocycles. The third-order valence-corrected chi connectivity index (χ3v) is 13.8. The number of benzene rings is 3. The summed E-state index contributed by atoms with van der Waals surface area (Å²) in [4.78, 5) is 52.1. The first-order valence-corrected chi connectivity index (χ1v) is 25.0. The van der Waals surface area contributed by atoms with Gasteiger partial charge in [0.1, 0.15) is 63.8 Å². The Kier molecular flexibility index (Phi) is 20.4. The average molecular weight is 1170 g/mol. The van der Waals surface area contributed by atoms with Gasteiger partial charge in [0.2, 0.25) is 11.4 Å². The van der Waals surface area contributed by atoms with E-state index in [1.165, 1.54) is 141 Å². The van der Waals surface area contributed by atoms with Gasteiger partial charge in [-0.25, -0.2) is 64.2 Å². The van der Waals surface area contributed by atoms with E-state index in [0.29, 0.717) is 28.2 Å². The van der Waals surface area contributed by atoms with E-state index in [2.05, 4.69) is 34.6 Å². The van der Waals surface area contributed by atoms with E-state index in [1.54, 1.807) is 0 Å². The minimum absolute atomic E-state index is 0.00826. The van der Waals surface area contributed by atoms with E-state index >= 15 is 0 Å². The molecule has 8 rings (SSSR count). The Labute approximate surface area is 471 Å². The number of Topliss-reactive ketones (excluding diaryl/α,β-unsaturated/α-hetero) is 2. The highest BCUT2D eigenvalue weighted by atomic mass is 19.3. The molecule has 3 aliphatic heterocycles. The number of rotatable bonds is 15. The van der Waals surface area contributed by atoms with Crippen molar-refractivity contribution in [2.75, 3.05) is 27.1 Å². The molecular weight excluding hydrogens is 1110 g/mol. The van der Waals surface area contributed by atoms with Gasteiger partial charge in [-0.3, -0.25) is 19.6 Å². The molecule has 5 heterocycles. The zero-order valence-electron chi connectivity index (χ0n) is 45.7. The first-order valence-electron chi connectivity index (χ1n) is 25.0. The third kappa shape index (κ3) is 14.1. The van der Waals surface area contributed by atoms with E-state index in [-0.39, 0.29) is 64.3 Å². The Morgan fingerprint density at radius 2 is 0.904 bits per heavy atom. The number of ether oxygens (including phenoxy) is 6. The molecule has 2 aromatic heterocycles. The lowest BCUT2D eigenvalue weighted by molar-refractivity contribution is -0.121. The molecule has 3 aliphatic rings. The van der Waals surface area contributed by atoms with Gasteiger partial charge in [-0.2, -0.15) is 0 Å². The number of halogens is 9. The molecule has 0 fully saturated rings. The minimum atomic E-state index is -2.95. The monoisotopic (exact) mass is 1170 g/mol. The number of methoxy groups -OCH3 is 3. The Bertz CT molecular complexity index is 3180. The lowest BCUT2D eigenvalue weighted by Crippen LogP contribution is -2.55. The van der Waals surface area contributed by atoms with Crippen molar-refractivity contribution in [3.8, 4) is 0 Å². The number of aliphatic imine (C=N–C) groups is 3. The number of anilines is 1. The molecule has 0 saturated heterocycles. The number of nitrogen functional groups attached to an aromatic ring is 1. The lowest BCUT2D eigenvalue weighted by atomic mass is 9.81. The van der Waals surface area contributed by atoms with Crippen LogP contribution in [0.25, 0.3) is 9.69 Å². The zero-order valence-corrected chi connectivity index (χ0v) is 45.7. The average Bonchev–Trinajstić information content (AvgIpc) is 3.26. The van der Waals surface area contributed by atoms with Crippen molar-refractivity contribution < 1.29 is 77.5 Å². The maximum atomic E-state index is 14.8. The molecule has 83 heavy (non-hydrogen) atoms. The van der Waals surface area contributed by atoms with E-state index in [4.69, 9.17) is 53.0 Å². The largest absolute Gasteiger partial charge is 0.469 e. The van der Waals surface area contributed by atoms with Crippen LogP contribution < -0.4 is 11.5 Å². The molecule has 440 valence electrons. The standard InChI is InChI=1S/C22H20F3N3O3.C21H19F3N4O3.C14H17F3N2O2/c1-12-28-22(2,20(30-4)19(31-12)21(24)25)15-9-13(5-7-16(15)23)10-18(29)17-8-6-14(26-3)11-27-17;1-21(18(30-3)17(19(23)24)31-20(25)28-21)13-8-11(4-6-14(13)22)9-16(29)15-7-5-12(26-2)10-27-15;1-7-19-14(2,9-6-8(18)4-5-10(9)15)12(20-3)11(21-7)13(16)17/h5-9,11,19-21H,10H2,1-2,4H3;4-8,10,17-19H,9H2,1,3H3,(H2,25,28);4-6,11-13H,18H2,1-3H3/t19-,20-,22+;17-,18-,21+;11-,12-,14+/m000/s1. The van der Waals surface area contributed by atoms with Gasteiger partial charge >= 0.3 is 0 Å². The van der Waals surface area contributed by atoms with Gasteiger partial charge in [0.15, 0.2) is 41.7 Å². The molecule has 0 spiro atoms. The number of hydrogen-bond donors (Lipinski definition) is 2. The van der Waals surface area contributed by atoms with Crippen molar-refractivity contribution in [2.24, 2.45) is 20.7 Å². The minimum Gasteiger partial charge on any atom is -0.469 e. The molecule has 4 N–H and O–H groups in total. The number of amidine groups is 1. The fraction of sp³-hybridized carbons (Fsp3) is 0.386. The fourth-order valence-electron chi connectivity index (χ4n) is 9.97. The Morgan fingerprint density at radius 3 is 1.24 bits per heavy atom. The zero-order chi connectivity index (χ0) is 61.3. The van der Waals surface area contributed by atoms with Crippen LogP contribution in [-0.4, -0.2) is 117 Å². The van der Waals surface area contributed by atoms with E-state index < -0.39 is 96.0 Å². The van der Waals surface area contributed by atoms with Crippen LogP contribution in [0.3, 0.4) is 0 Å². The van der Waals surface area contributed by atoms with Crippen LogP contribution in [0.4, 0.5) is 56.6 Å². The predicted octanol–water partition coefficient (Wildman–Crippen LogP) is 10.6. The summed E-state index contributed by atoms with van der Waals surface area (Å²) in [6.45, 7) is 21.2. The molecule has 17 nitrogen and oxygen atoms in total. The summed E-state index contributed by atoms with van der Waals surface area (Å²) in [5.74, 6) is -2.61. The van der Waals surface area contributed by atoms with Crippen molar-refractivity contribution in [1.82, 2.24) is 9.97 Å². The molecule has 0 amide bonds. The van der Waals surface area contributed by atoms with E-state index in [0.717, 1.165) is 6.07 Å². The fourth-order valence-corrected chi connectivity index (χ4v) is 9.97. The molecule has 0 aliphatic carbocycles. The number of nitrogens with zero attached hydrogens (tertiary/aromatic N) is 7. The maximum Gasteiger partial charge on any atom is 0.283 e. The van der Waals surface area contributed by atoms with Gasteiger partial charge in [-0.1, -0.05) is 24.3 Å². The number of carbonyl (C=O) groups is 2. The molecule has 9 atom stereocenters. The quantitative estimate of drug-likeness (QED) is 0.0434. The molecular formula is C57H56F9N9O8. The van der Waals surface area contributed by atoms with Gasteiger partial charge < -0.3 is 39.9 Å². The number of carbonyl (C=O) groups excluding carboxylic acids is 2. The van der Waals surface area contributed by atoms with Gasteiger partial charge in [0, 0.05) is 82.8 Å². The summed E-state index contributed by atoms with van der Waals surface area (Å²) in [5, 5.41) is 0. The number of nitrogens with two attached hydrogens (primary N) is 2. The summed E-state index contributed by atoms with van der Waals surface area (Å²) in [7, 11) is 3.70. The number of pyridine rings is 2. The second-order valence-corrected chi connectivity index (χ2v) is 19.5. The second-order valence-electron chi connectivity index (χ2n) is 19.5. The first-order chi connectivity index (χ1) is 39.2. The number of alkyl halides is 6. The van der Waals surface area contributed by atoms with Gasteiger partial charge in [0.05, 0.1) is 13.1 Å². The molecule has 0 bridgehead atoms. The van der Waals surface area contributed by atoms with Crippen LogP contribution in [-0.2, 0) is 57.9 Å². The highest BCUT2D eigenvalue weighted by molar-refractivity contribution is 5.96. The van der Waals surface area contributed by atoms with Crippen molar-refractivity contribution in [3.63, 3.8) is 0 Å². The van der Waals surface area contributed by atoms with Crippen LogP contribution in [0.2, 0.25) is 0 Å². The second kappa shape index (κ2) is 26.6. The summed E-state index contributed by atoms with van der Waals surface area (Å²) in [6, 6.07) is 17.2. The number of ketones is 2. The summed E-state index contributed by atoms with van der Waals surface area (Å²) in [6.07, 6.45) is -14.9. The maximum absolute atomic E-state index is 14.8. The SMILES string of the molecule is CO[C@H]1[C@@H](C(F)F)OC(C)=N[C@]1(C)c1cc(N)ccc1F.[C-]#[N+]c1ccc(C(=O)Cc2ccc(F)c([C@@]3(C)N=C(C)O[C@H](C(F)F)[C@@H]3OC)c2)nc1.[C-]#[N+]c1ccc(C(=O)Cc2ccc(F)c([C@@]3(C)N=C(N)O[C@H](C(F)F)[C@@H]3OC)c2)nc1. The van der Waals surface area contributed by atoms with Gasteiger partial charge in [0.25, 0.3) is 25.3 Å². The molecule has 5 aromatic rings. The number of aromatic nitrogens is 2. The molecule has 0 unspecified atom stereocenters. The van der Waals surface area contributed by atoms with Crippen LogP contribution in [0.1, 0.15) is 83.4 Å². The van der Waals surface area contributed by atoms with Crippen molar-refractivity contribution in [3.05, 3.63) is 171 Å². The lowest BCUT2D eigenvalue weighted by Gasteiger charge is -2.42. The summed E-state index contributed by atoms with van der Waals surface area (Å²) in [5.41, 5.74) is 8.98. The normalized spacial score (nSPS) is 24.6. The van der Waals surface area contributed by atoms with Crippen molar-refractivity contribution in [1.29, 1.82) is 0 Å². The Morgan fingerprint density at radius 1 is 0.554 bits per heavy atom. The third-order valence-electron chi connectivity index (χ3n) is 13.8. The smallest absolute Gasteiger partial charge is 0.283 e. The Hall–Kier alpha value is -8.46. The van der Waals surface area contributed by atoms with E-state index in [1.807, 2.05) is 0 Å². The van der Waals surface area contributed by atoms with Gasteiger partial charge in [-0.15, -0.1) is 0 Å². The topological polar surface area (TPSA) is 213 Å². The van der Waals surface area contributed by atoms with Crippen molar-refractivity contribution >= 4 is 46.4 Å². The first kappa shape index (κ1) is 63.7. The molecule has 0 radical (unpaired) electrons. The summed E-state index contributed by atoms with van der Waals surface area (Å²) >= 11 is 0. The molecule has 3 aromatic carbocycles. The molecule has 26 heteroatoms. The van der Waals surface area contributed by atoms with Crippen LogP contribution in [0, 0.1) is 30.6 Å². The van der Waals surface area contributed by atoms with Crippen LogP contribution >= 0.6 is 0 Å². The number of hydrogen-bond acceptors (Lipinski definition) is 15. The van der Waals surface area contributed by atoms with Crippen LogP contribution in [0.15, 0.2) is 106 Å². The Balaban J connectivity index is 0.000000204.